The number of aliphatic carboxylic acids is 1. The Morgan fingerprint density at radius 2 is 1.96 bits per heavy atom. The molecule has 0 radical (unpaired) electrons. The number of benzene rings is 1. The van der Waals surface area contributed by atoms with E-state index < -0.39 is 12.6 Å². The third-order valence-electron chi connectivity index (χ3n) is 3.08. The second-order valence-corrected chi connectivity index (χ2v) is 6.12. The number of ether oxygens (including phenoxy) is 1. The number of carbonyl (C=O) groups excluding carboxylic acids is 1. The number of hydrogen-bond donors (Lipinski definition) is 2. The summed E-state index contributed by atoms with van der Waals surface area (Å²) in [5, 5.41) is 11.4. The van der Waals surface area contributed by atoms with E-state index in [4.69, 9.17) is 9.84 Å². The van der Waals surface area contributed by atoms with Crippen LogP contribution in [-0.2, 0) is 4.79 Å². The lowest BCUT2D eigenvalue weighted by molar-refractivity contribution is -0.139. The predicted molar refractivity (Wildman–Crippen MR) is 90.0 cm³/mol. The molecule has 0 bridgehead atoms. The van der Waals surface area contributed by atoms with Crippen molar-refractivity contribution < 1.29 is 19.4 Å². The Kier molecular flexibility index (Phi) is 5.44. The average Bonchev–Trinajstić information content (AvgIpc) is 2.89. The summed E-state index contributed by atoms with van der Waals surface area (Å²) >= 11 is 3.38. The Morgan fingerprint density at radius 3 is 2.52 bits per heavy atom. The third kappa shape index (κ3) is 4.59. The van der Waals surface area contributed by atoms with Crippen LogP contribution in [0.3, 0.4) is 0 Å². The first-order valence-corrected chi connectivity index (χ1v) is 7.79. The second-order valence-electron chi connectivity index (χ2n) is 5.21. The lowest BCUT2D eigenvalue weighted by Gasteiger charge is -2.13. The minimum atomic E-state index is -1.04. The van der Waals surface area contributed by atoms with E-state index in [2.05, 4.69) is 21.2 Å². The molecule has 0 spiro atoms. The van der Waals surface area contributed by atoms with Crippen LogP contribution in [0.1, 0.15) is 30.4 Å². The van der Waals surface area contributed by atoms with Crippen molar-refractivity contribution in [2.45, 2.75) is 19.9 Å². The molecule has 2 aromatic rings. The standard InChI is InChI=1S/C16H17BrN2O4/c1-10(2)19-8-11(17)7-14(19)16(22)18-12-3-5-13(6-4-12)23-9-15(20)21/h3-8,10H,9H2,1-2H3,(H,18,22)(H,20,21). The van der Waals surface area contributed by atoms with Gasteiger partial charge in [0.25, 0.3) is 5.91 Å². The molecule has 2 rings (SSSR count). The Labute approximate surface area is 142 Å². The molecule has 1 aromatic carbocycles. The molecule has 1 aromatic heterocycles. The normalized spacial score (nSPS) is 10.6. The van der Waals surface area contributed by atoms with Gasteiger partial charge in [0, 0.05) is 22.4 Å². The van der Waals surface area contributed by atoms with Gasteiger partial charge in [0.1, 0.15) is 11.4 Å². The topological polar surface area (TPSA) is 80.6 Å². The highest BCUT2D eigenvalue weighted by Crippen LogP contribution is 2.21. The van der Waals surface area contributed by atoms with E-state index in [-0.39, 0.29) is 11.9 Å². The number of amides is 1. The maximum absolute atomic E-state index is 12.4. The van der Waals surface area contributed by atoms with Crippen LogP contribution in [-0.4, -0.2) is 28.2 Å². The molecule has 2 N–H and O–H groups in total. The summed E-state index contributed by atoms with van der Waals surface area (Å²) in [5.41, 5.74) is 1.16. The van der Waals surface area contributed by atoms with Crippen LogP contribution in [0.15, 0.2) is 41.0 Å². The van der Waals surface area contributed by atoms with Gasteiger partial charge in [0.15, 0.2) is 6.61 Å². The molecular formula is C16H17BrN2O4. The monoisotopic (exact) mass is 380 g/mol. The van der Waals surface area contributed by atoms with Gasteiger partial charge in [-0.3, -0.25) is 4.79 Å². The molecule has 6 nitrogen and oxygen atoms in total. The van der Waals surface area contributed by atoms with Crippen molar-refractivity contribution >= 4 is 33.5 Å². The number of hydrogen-bond acceptors (Lipinski definition) is 3. The molecule has 0 saturated heterocycles. The number of carbonyl (C=O) groups is 2. The van der Waals surface area contributed by atoms with Crippen LogP contribution in [0.25, 0.3) is 0 Å². The van der Waals surface area contributed by atoms with Gasteiger partial charge in [-0.15, -0.1) is 0 Å². The number of carboxylic acids is 1. The number of nitrogens with one attached hydrogen (secondary N) is 1. The summed E-state index contributed by atoms with van der Waals surface area (Å²) in [6.45, 7) is 3.59. The zero-order valence-electron chi connectivity index (χ0n) is 12.7. The first kappa shape index (κ1) is 17.1. The minimum Gasteiger partial charge on any atom is -0.482 e. The Balaban J connectivity index is 2.07. The quantitative estimate of drug-likeness (QED) is 0.802. The van der Waals surface area contributed by atoms with Crippen LogP contribution < -0.4 is 10.1 Å². The molecular weight excluding hydrogens is 364 g/mol. The van der Waals surface area contributed by atoms with Gasteiger partial charge in [0.05, 0.1) is 0 Å². The predicted octanol–water partition coefficient (Wildman–Crippen LogP) is 3.55. The molecule has 122 valence electrons. The number of nitrogens with zero attached hydrogens (tertiary/aromatic N) is 1. The molecule has 0 aliphatic heterocycles. The summed E-state index contributed by atoms with van der Waals surface area (Å²) in [7, 11) is 0. The second kappa shape index (κ2) is 7.32. The first-order chi connectivity index (χ1) is 10.9. The smallest absolute Gasteiger partial charge is 0.341 e. The molecule has 0 fully saturated rings. The van der Waals surface area contributed by atoms with E-state index in [1.807, 2.05) is 24.6 Å². The number of carboxylic acid groups (broad SMARTS) is 1. The molecule has 0 atom stereocenters. The van der Waals surface area contributed by atoms with Crippen LogP contribution in [0.2, 0.25) is 0 Å². The number of halogens is 1. The van der Waals surface area contributed by atoms with Crippen LogP contribution in [0.4, 0.5) is 5.69 Å². The van der Waals surface area contributed by atoms with Gasteiger partial charge >= 0.3 is 5.97 Å². The number of anilines is 1. The fourth-order valence-electron chi connectivity index (χ4n) is 2.03. The maximum Gasteiger partial charge on any atom is 0.341 e. The van der Waals surface area contributed by atoms with E-state index in [0.717, 1.165) is 4.47 Å². The van der Waals surface area contributed by atoms with E-state index in [0.29, 0.717) is 17.1 Å². The van der Waals surface area contributed by atoms with Gasteiger partial charge in [-0.2, -0.15) is 0 Å². The molecule has 0 saturated carbocycles. The van der Waals surface area contributed by atoms with E-state index in [1.54, 1.807) is 30.3 Å². The molecule has 23 heavy (non-hydrogen) atoms. The summed E-state index contributed by atoms with van der Waals surface area (Å²) in [4.78, 5) is 22.8. The van der Waals surface area contributed by atoms with E-state index in [1.165, 1.54) is 0 Å². The molecule has 0 aliphatic carbocycles. The SMILES string of the molecule is CC(C)n1cc(Br)cc1C(=O)Nc1ccc(OCC(=O)O)cc1. The summed E-state index contributed by atoms with van der Waals surface area (Å²) in [6.07, 6.45) is 1.86. The van der Waals surface area contributed by atoms with Crippen LogP contribution in [0.5, 0.6) is 5.75 Å². The van der Waals surface area contributed by atoms with Crippen molar-refractivity contribution in [1.29, 1.82) is 0 Å². The molecule has 1 amide bonds. The lowest BCUT2D eigenvalue weighted by Crippen LogP contribution is -2.17. The van der Waals surface area contributed by atoms with Crippen molar-refractivity contribution in [2.75, 3.05) is 11.9 Å². The highest BCUT2D eigenvalue weighted by Gasteiger charge is 2.15. The molecule has 7 heteroatoms. The third-order valence-corrected chi connectivity index (χ3v) is 3.51. The molecule has 1 heterocycles. The summed E-state index contributed by atoms with van der Waals surface area (Å²) < 4.78 is 7.76. The maximum atomic E-state index is 12.4. The highest BCUT2D eigenvalue weighted by molar-refractivity contribution is 9.10. The Hall–Kier alpha value is -2.28. The summed E-state index contributed by atoms with van der Waals surface area (Å²) in [6, 6.07) is 8.46. The highest BCUT2D eigenvalue weighted by atomic mass is 79.9. The zero-order chi connectivity index (χ0) is 17.0. The van der Waals surface area contributed by atoms with Crippen molar-refractivity contribution in [3.63, 3.8) is 0 Å². The van der Waals surface area contributed by atoms with Crippen molar-refractivity contribution in [2.24, 2.45) is 0 Å². The van der Waals surface area contributed by atoms with Gasteiger partial charge in [-0.1, -0.05) is 0 Å². The Bertz CT molecular complexity index is 707. The minimum absolute atomic E-state index is 0.161. The van der Waals surface area contributed by atoms with Gasteiger partial charge in [-0.25, -0.2) is 4.79 Å². The van der Waals surface area contributed by atoms with Crippen molar-refractivity contribution in [3.8, 4) is 5.75 Å². The van der Waals surface area contributed by atoms with Gasteiger partial charge < -0.3 is 19.7 Å². The zero-order valence-corrected chi connectivity index (χ0v) is 14.3. The van der Waals surface area contributed by atoms with Gasteiger partial charge in [-0.05, 0) is 60.1 Å². The number of aromatic nitrogens is 1. The Morgan fingerprint density at radius 1 is 1.30 bits per heavy atom. The van der Waals surface area contributed by atoms with Crippen LogP contribution >= 0.6 is 15.9 Å². The van der Waals surface area contributed by atoms with E-state index in [9.17, 15) is 9.59 Å². The molecule has 0 unspecified atom stereocenters. The first-order valence-electron chi connectivity index (χ1n) is 7.00. The fraction of sp³-hybridized carbons (Fsp3) is 0.250. The average molecular weight is 381 g/mol. The largest absolute Gasteiger partial charge is 0.482 e. The lowest BCUT2D eigenvalue weighted by atomic mass is 10.3. The van der Waals surface area contributed by atoms with Gasteiger partial charge in [0.2, 0.25) is 0 Å². The van der Waals surface area contributed by atoms with E-state index >= 15 is 0 Å². The van der Waals surface area contributed by atoms with Crippen molar-refractivity contribution in [1.82, 2.24) is 4.57 Å². The van der Waals surface area contributed by atoms with Crippen LogP contribution in [0, 0.1) is 0 Å². The number of rotatable bonds is 6. The van der Waals surface area contributed by atoms with Crippen molar-refractivity contribution in [3.05, 3.63) is 46.7 Å². The fourth-order valence-corrected chi connectivity index (χ4v) is 2.47. The molecule has 0 aliphatic rings. The summed E-state index contributed by atoms with van der Waals surface area (Å²) in [5.74, 6) is -0.829.